The lowest BCUT2D eigenvalue weighted by molar-refractivity contribution is 0.0473. The van der Waals surface area contributed by atoms with Crippen LogP contribution in [-0.4, -0.2) is 33.2 Å². The molecule has 0 aliphatic rings. The quantitative estimate of drug-likeness (QED) is 0.0942. The average Bonchev–Trinajstić information content (AvgIpc) is 3.48. The number of hydrogen-bond acceptors (Lipinski definition) is 5. The van der Waals surface area contributed by atoms with Crippen molar-refractivity contribution in [1.82, 2.24) is 14.9 Å². The van der Waals surface area contributed by atoms with Crippen LogP contribution in [0, 0.1) is 12.7 Å². The average molecular weight is 686 g/mol. The van der Waals surface area contributed by atoms with E-state index in [4.69, 9.17) is 9.72 Å². The number of aromatic nitrogens is 2. The van der Waals surface area contributed by atoms with Gasteiger partial charge in [-0.1, -0.05) is 91.9 Å². The summed E-state index contributed by atoms with van der Waals surface area (Å²) in [4.78, 5) is 31.7. The maximum absolute atomic E-state index is 13.6. The van der Waals surface area contributed by atoms with E-state index in [1.807, 2.05) is 61.5 Å². The van der Waals surface area contributed by atoms with E-state index in [9.17, 15) is 14.0 Å². The summed E-state index contributed by atoms with van der Waals surface area (Å²) < 4.78 is 21.4. The molecule has 6 rings (SSSR count). The number of rotatable bonds is 13. The summed E-state index contributed by atoms with van der Waals surface area (Å²) in [6.45, 7) is 4.69. The smallest absolute Gasteiger partial charge is 0.339 e. The Labute approximate surface area is 297 Å². The van der Waals surface area contributed by atoms with E-state index in [2.05, 4.69) is 53.7 Å². The minimum Gasteiger partial charge on any atom is -0.457 e. The fourth-order valence-electron chi connectivity index (χ4n) is 6.23. The standard InChI is InChI=1S/C42H40FN3O3S/c1-3-10-39-45-40-28(2)21-33(41(47)44-35(27-50)23-29-11-5-4-6-12-29)24-38(40)46(39)25-30-17-19-32(20-18-30)36-15-7-8-16-37(36)42(48)49-26-31-13-9-14-34(43)22-31/h4-9,11-22,24,35,50H,3,10,23,25-27H2,1-2H3,(H,44,47)/t35-/m1/s1. The molecule has 1 aromatic heterocycles. The first kappa shape index (κ1) is 34.6. The fourth-order valence-corrected chi connectivity index (χ4v) is 6.45. The van der Waals surface area contributed by atoms with Crippen LogP contribution in [-0.2, 0) is 30.7 Å². The van der Waals surface area contributed by atoms with Crippen LogP contribution in [0.3, 0.4) is 0 Å². The summed E-state index contributed by atoms with van der Waals surface area (Å²) in [5.74, 6) is 0.515. The Morgan fingerprint density at radius 1 is 0.880 bits per heavy atom. The van der Waals surface area contributed by atoms with Gasteiger partial charge in [-0.15, -0.1) is 0 Å². The molecular formula is C42H40FN3O3S. The molecule has 50 heavy (non-hydrogen) atoms. The molecule has 0 aliphatic carbocycles. The summed E-state index contributed by atoms with van der Waals surface area (Å²) in [6.07, 6.45) is 2.44. The predicted octanol–water partition coefficient (Wildman–Crippen LogP) is 8.78. The molecule has 1 atom stereocenters. The highest BCUT2D eigenvalue weighted by Crippen LogP contribution is 2.28. The van der Waals surface area contributed by atoms with Crippen molar-refractivity contribution in [2.45, 2.75) is 52.3 Å². The largest absolute Gasteiger partial charge is 0.457 e. The van der Waals surface area contributed by atoms with Crippen LogP contribution in [0.2, 0.25) is 0 Å². The molecule has 0 fully saturated rings. The molecule has 8 heteroatoms. The van der Waals surface area contributed by atoms with Crippen molar-refractivity contribution < 1.29 is 18.7 Å². The number of fused-ring (bicyclic) bond motifs is 1. The van der Waals surface area contributed by atoms with Gasteiger partial charge < -0.3 is 14.6 Å². The summed E-state index contributed by atoms with van der Waals surface area (Å²) in [7, 11) is 0. The molecule has 0 saturated heterocycles. The zero-order valence-electron chi connectivity index (χ0n) is 28.2. The summed E-state index contributed by atoms with van der Waals surface area (Å²) >= 11 is 4.52. The lowest BCUT2D eigenvalue weighted by atomic mass is 9.98. The summed E-state index contributed by atoms with van der Waals surface area (Å²) in [5, 5.41) is 3.18. The Kier molecular flexibility index (Phi) is 11.1. The first-order valence-electron chi connectivity index (χ1n) is 16.9. The van der Waals surface area contributed by atoms with E-state index in [1.54, 1.807) is 24.3 Å². The second-order valence-corrected chi connectivity index (χ2v) is 12.9. The topological polar surface area (TPSA) is 73.2 Å². The van der Waals surface area contributed by atoms with Crippen LogP contribution >= 0.6 is 12.6 Å². The van der Waals surface area contributed by atoms with E-state index in [0.717, 1.165) is 57.5 Å². The van der Waals surface area contributed by atoms with Crippen LogP contribution in [0.15, 0.2) is 115 Å². The van der Waals surface area contributed by atoms with Gasteiger partial charge in [-0.3, -0.25) is 4.79 Å². The number of nitrogens with zero attached hydrogens (tertiary/aromatic N) is 2. The minimum absolute atomic E-state index is 0.0187. The molecule has 1 heterocycles. The van der Waals surface area contributed by atoms with Crippen LogP contribution in [0.1, 0.15) is 62.1 Å². The molecule has 0 unspecified atom stereocenters. The zero-order chi connectivity index (χ0) is 35.0. The van der Waals surface area contributed by atoms with Crippen molar-refractivity contribution in [2.75, 3.05) is 5.75 Å². The first-order valence-corrected chi connectivity index (χ1v) is 17.5. The lowest BCUT2D eigenvalue weighted by Crippen LogP contribution is -2.37. The second-order valence-electron chi connectivity index (χ2n) is 12.5. The zero-order valence-corrected chi connectivity index (χ0v) is 29.1. The Bertz CT molecular complexity index is 2110. The molecule has 0 saturated carbocycles. The highest BCUT2D eigenvalue weighted by atomic mass is 32.1. The van der Waals surface area contributed by atoms with Crippen LogP contribution in [0.25, 0.3) is 22.2 Å². The molecule has 6 aromatic rings. The molecule has 6 nitrogen and oxygen atoms in total. The molecule has 0 bridgehead atoms. The number of esters is 1. The van der Waals surface area contributed by atoms with E-state index in [1.165, 1.54) is 12.1 Å². The number of benzene rings is 5. The van der Waals surface area contributed by atoms with Gasteiger partial charge in [-0.05, 0) is 83.5 Å². The van der Waals surface area contributed by atoms with Crippen molar-refractivity contribution in [1.29, 1.82) is 0 Å². The van der Waals surface area contributed by atoms with Gasteiger partial charge in [0.1, 0.15) is 18.2 Å². The van der Waals surface area contributed by atoms with Crippen molar-refractivity contribution in [3.63, 3.8) is 0 Å². The maximum atomic E-state index is 13.6. The van der Waals surface area contributed by atoms with Gasteiger partial charge in [0.25, 0.3) is 5.91 Å². The van der Waals surface area contributed by atoms with Gasteiger partial charge in [-0.2, -0.15) is 12.6 Å². The predicted molar refractivity (Wildman–Crippen MR) is 200 cm³/mol. The van der Waals surface area contributed by atoms with E-state index in [-0.39, 0.29) is 24.4 Å². The van der Waals surface area contributed by atoms with Gasteiger partial charge in [0.05, 0.1) is 16.6 Å². The number of ether oxygens (including phenoxy) is 1. The number of aryl methyl sites for hydroxylation is 2. The highest BCUT2D eigenvalue weighted by Gasteiger charge is 2.19. The van der Waals surface area contributed by atoms with Crippen molar-refractivity contribution in [3.8, 4) is 11.1 Å². The molecule has 0 radical (unpaired) electrons. The number of thiol groups is 1. The van der Waals surface area contributed by atoms with Crippen LogP contribution < -0.4 is 5.32 Å². The highest BCUT2D eigenvalue weighted by molar-refractivity contribution is 7.80. The number of imidazole rings is 1. The van der Waals surface area contributed by atoms with Gasteiger partial charge in [0.15, 0.2) is 0 Å². The normalized spacial score (nSPS) is 11.8. The SMILES string of the molecule is CCCc1nc2c(C)cc(C(=O)N[C@@H](CS)Cc3ccccc3)cc2n1Cc1ccc(-c2ccccc2C(=O)OCc2cccc(F)c2)cc1. The van der Waals surface area contributed by atoms with Crippen LogP contribution in [0.4, 0.5) is 4.39 Å². The van der Waals surface area contributed by atoms with Crippen molar-refractivity contribution >= 4 is 35.5 Å². The lowest BCUT2D eigenvalue weighted by Gasteiger charge is -2.17. The fraction of sp³-hybridized carbons (Fsp3) is 0.214. The number of hydrogen-bond donors (Lipinski definition) is 2. The molecule has 0 spiro atoms. The van der Waals surface area contributed by atoms with Gasteiger partial charge in [0, 0.05) is 30.3 Å². The molecule has 1 amide bonds. The first-order chi connectivity index (χ1) is 24.3. The van der Waals surface area contributed by atoms with Crippen LogP contribution in [0.5, 0.6) is 0 Å². The third-order valence-electron chi connectivity index (χ3n) is 8.75. The van der Waals surface area contributed by atoms with Gasteiger partial charge in [0.2, 0.25) is 0 Å². The Hall–Kier alpha value is -5.21. The minimum atomic E-state index is -0.473. The molecule has 0 aliphatic heterocycles. The number of carbonyl (C=O) groups excluding carboxylic acids is 2. The Morgan fingerprint density at radius 2 is 1.62 bits per heavy atom. The van der Waals surface area contributed by atoms with E-state index in [0.29, 0.717) is 35.4 Å². The molecule has 5 aromatic carbocycles. The third-order valence-corrected chi connectivity index (χ3v) is 9.19. The van der Waals surface area contributed by atoms with Gasteiger partial charge in [-0.25, -0.2) is 14.2 Å². The number of carbonyl (C=O) groups is 2. The molecule has 254 valence electrons. The van der Waals surface area contributed by atoms with E-state index < -0.39 is 5.97 Å². The number of halogens is 1. The molecule has 1 N–H and O–H groups in total. The summed E-state index contributed by atoms with van der Waals surface area (Å²) in [6, 6.07) is 35.3. The van der Waals surface area contributed by atoms with Crippen molar-refractivity contribution in [2.24, 2.45) is 0 Å². The Balaban J connectivity index is 1.23. The monoisotopic (exact) mass is 685 g/mol. The second kappa shape index (κ2) is 16.0. The summed E-state index contributed by atoms with van der Waals surface area (Å²) in [5.41, 5.74) is 8.21. The third kappa shape index (κ3) is 8.14. The number of nitrogens with one attached hydrogen (secondary N) is 1. The Morgan fingerprint density at radius 3 is 2.36 bits per heavy atom. The number of amides is 1. The van der Waals surface area contributed by atoms with Crippen molar-refractivity contribution in [3.05, 3.63) is 160 Å². The maximum Gasteiger partial charge on any atom is 0.339 e. The molecular weight excluding hydrogens is 646 g/mol. The van der Waals surface area contributed by atoms with Gasteiger partial charge >= 0.3 is 5.97 Å². The van der Waals surface area contributed by atoms with E-state index >= 15 is 0 Å².